The molecule has 0 radical (unpaired) electrons. The van der Waals surface area contributed by atoms with Crippen molar-refractivity contribution in [3.05, 3.63) is 71.1 Å². The number of benzene rings is 1. The number of carbonyl (C=O) groups excluding carboxylic acids is 2. The summed E-state index contributed by atoms with van der Waals surface area (Å²) >= 11 is 0. The van der Waals surface area contributed by atoms with Crippen LogP contribution in [0, 0.1) is 0 Å². The largest absolute Gasteiger partial charge is 0.497 e. The average molecular weight is 404 g/mol. The van der Waals surface area contributed by atoms with Gasteiger partial charge in [0.1, 0.15) is 5.75 Å². The van der Waals surface area contributed by atoms with Gasteiger partial charge in [-0.15, -0.1) is 0 Å². The Morgan fingerprint density at radius 1 is 1.13 bits per heavy atom. The molecular weight excluding hydrogens is 380 g/mol. The fourth-order valence-electron chi connectivity index (χ4n) is 3.90. The molecule has 0 unspecified atom stereocenters. The van der Waals surface area contributed by atoms with Crippen molar-refractivity contribution >= 4 is 23.5 Å². The van der Waals surface area contributed by atoms with Crippen molar-refractivity contribution in [3.8, 4) is 5.75 Å². The predicted molar refractivity (Wildman–Crippen MR) is 113 cm³/mol. The fraction of sp³-hybridized carbons (Fsp3) is 0.292. The molecule has 2 heterocycles. The molecule has 0 bridgehead atoms. The molecule has 1 saturated carbocycles. The van der Waals surface area contributed by atoms with Gasteiger partial charge in [-0.3, -0.25) is 19.9 Å². The van der Waals surface area contributed by atoms with E-state index in [0.717, 1.165) is 36.8 Å². The zero-order valence-corrected chi connectivity index (χ0v) is 16.9. The predicted octanol–water partition coefficient (Wildman–Crippen LogP) is 3.54. The molecule has 2 aliphatic rings. The molecule has 0 atom stereocenters. The van der Waals surface area contributed by atoms with Gasteiger partial charge >= 0.3 is 0 Å². The number of methoxy groups -OCH3 is 1. The van der Waals surface area contributed by atoms with E-state index in [0.29, 0.717) is 22.5 Å². The maximum Gasteiger partial charge on any atom is 0.259 e. The first-order chi connectivity index (χ1) is 14.7. The number of ether oxygens (including phenoxy) is 2. The standard InChI is InChI=1S/C24H24N2O4/c1-29-19-8-4-5-17(14-19)21(15-30-18-6-2-3-7-18)22-20(23(27)26-24(22)28)13-16-9-11-25-12-10-16/h4-5,8-14,18H,2-3,6-7,15H2,1H3,(H,26,27,28)/b20-13+,22-21+. The normalized spacial score (nSPS) is 20.0. The van der Waals surface area contributed by atoms with Crippen LogP contribution < -0.4 is 10.1 Å². The quantitative estimate of drug-likeness (QED) is 0.589. The molecule has 1 saturated heterocycles. The molecule has 6 heteroatoms. The van der Waals surface area contributed by atoms with Gasteiger partial charge in [-0.1, -0.05) is 25.0 Å². The second-order valence-corrected chi connectivity index (χ2v) is 7.42. The van der Waals surface area contributed by atoms with Crippen LogP contribution in [0.15, 0.2) is 59.9 Å². The van der Waals surface area contributed by atoms with Gasteiger partial charge in [-0.05, 0) is 59.9 Å². The summed E-state index contributed by atoms with van der Waals surface area (Å²) in [4.78, 5) is 29.4. The SMILES string of the molecule is COc1cccc(/C(COC2CCCC2)=C2/C(=O)NC(=O)/C2=C/c2ccncc2)c1. The molecule has 1 aliphatic carbocycles. The summed E-state index contributed by atoms with van der Waals surface area (Å²) < 4.78 is 11.5. The smallest absolute Gasteiger partial charge is 0.259 e. The minimum Gasteiger partial charge on any atom is -0.497 e. The van der Waals surface area contributed by atoms with Crippen molar-refractivity contribution in [2.75, 3.05) is 13.7 Å². The summed E-state index contributed by atoms with van der Waals surface area (Å²) in [6.07, 6.45) is 9.54. The number of nitrogens with zero attached hydrogens (tertiary/aromatic N) is 1. The second kappa shape index (κ2) is 9.05. The summed E-state index contributed by atoms with van der Waals surface area (Å²) in [7, 11) is 1.60. The molecule has 2 amide bonds. The van der Waals surface area contributed by atoms with Crippen molar-refractivity contribution in [1.82, 2.24) is 10.3 Å². The van der Waals surface area contributed by atoms with E-state index in [1.54, 1.807) is 37.7 Å². The summed E-state index contributed by atoms with van der Waals surface area (Å²) in [6.45, 7) is 0.252. The van der Waals surface area contributed by atoms with Gasteiger partial charge in [0.15, 0.2) is 0 Å². The Morgan fingerprint density at radius 3 is 2.63 bits per heavy atom. The van der Waals surface area contributed by atoms with Crippen LogP contribution in [-0.2, 0) is 14.3 Å². The first-order valence-electron chi connectivity index (χ1n) is 10.1. The molecule has 1 aromatic heterocycles. The lowest BCUT2D eigenvalue weighted by Crippen LogP contribution is -2.20. The van der Waals surface area contributed by atoms with Gasteiger partial charge in [0.05, 0.1) is 31.0 Å². The van der Waals surface area contributed by atoms with Gasteiger partial charge < -0.3 is 9.47 Å². The van der Waals surface area contributed by atoms with Crippen LogP contribution in [0.25, 0.3) is 11.6 Å². The number of hydrogen-bond acceptors (Lipinski definition) is 5. The summed E-state index contributed by atoms with van der Waals surface area (Å²) in [5.41, 5.74) is 2.96. The van der Waals surface area contributed by atoms with E-state index in [-0.39, 0.29) is 12.7 Å². The number of carbonyl (C=O) groups is 2. The van der Waals surface area contributed by atoms with E-state index in [2.05, 4.69) is 10.3 Å². The zero-order valence-electron chi connectivity index (χ0n) is 16.9. The van der Waals surface area contributed by atoms with Gasteiger partial charge in [0.25, 0.3) is 11.8 Å². The van der Waals surface area contributed by atoms with Crippen LogP contribution in [0.4, 0.5) is 0 Å². The van der Waals surface area contributed by atoms with Crippen LogP contribution >= 0.6 is 0 Å². The highest BCUT2D eigenvalue weighted by atomic mass is 16.5. The molecule has 30 heavy (non-hydrogen) atoms. The van der Waals surface area contributed by atoms with E-state index in [1.807, 2.05) is 24.3 Å². The minimum atomic E-state index is -0.409. The number of aromatic nitrogens is 1. The van der Waals surface area contributed by atoms with Crippen molar-refractivity contribution in [1.29, 1.82) is 0 Å². The first-order valence-corrected chi connectivity index (χ1v) is 10.1. The van der Waals surface area contributed by atoms with Gasteiger partial charge in [0.2, 0.25) is 0 Å². The second-order valence-electron chi connectivity index (χ2n) is 7.42. The van der Waals surface area contributed by atoms with Crippen molar-refractivity contribution in [3.63, 3.8) is 0 Å². The lowest BCUT2D eigenvalue weighted by atomic mass is 9.95. The Hall–Kier alpha value is -3.25. The van der Waals surface area contributed by atoms with Crippen molar-refractivity contribution in [2.45, 2.75) is 31.8 Å². The van der Waals surface area contributed by atoms with Crippen LogP contribution in [0.5, 0.6) is 5.75 Å². The number of pyridine rings is 1. The zero-order chi connectivity index (χ0) is 20.9. The lowest BCUT2D eigenvalue weighted by molar-refractivity contribution is -0.123. The van der Waals surface area contributed by atoms with Crippen LogP contribution in [0.2, 0.25) is 0 Å². The topological polar surface area (TPSA) is 77.5 Å². The Kier molecular flexibility index (Phi) is 6.05. The molecule has 1 N–H and O–H groups in total. The summed E-state index contributed by atoms with van der Waals surface area (Å²) in [6, 6.07) is 11.1. The van der Waals surface area contributed by atoms with E-state index >= 15 is 0 Å². The number of hydrogen-bond donors (Lipinski definition) is 1. The molecule has 1 aliphatic heterocycles. The number of amides is 2. The molecule has 4 rings (SSSR count). The highest BCUT2D eigenvalue weighted by Crippen LogP contribution is 2.32. The van der Waals surface area contributed by atoms with Crippen LogP contribution in [0.1, 0.15) is 36.8 Å². The first kappa shape index (κ1) is 20.0. The van der Waals surface area contributed by atoms with E-state index in [9.17, 15) is 9.59 Å². The summed E-state index contributed by atoms with van der Waals surface area (Å²) in [5, 5.41) is 2.44. The average Bonchev–Trinajstić information content (AvgIpc) is 3.38. The van der Waals surface area contributed by atoms with Crippen molar-refractivity contribution in [2.24, 2.45) is 0 Å². The highest BCUT2D eigenvalue weighted by Gasteiger charge is 2.34. The molecule has 0 spiro atoms. The number of rotatable bonds is 6. The Morgan fingerprint density at radius 2 is 1.90 bits per heavy atom. The third kappa shape index (κ3) is 4.33. The third-order valence-corrected chi connectivity index (χ3v) is 5.47. The van der Waals surface area contributed by atoms with Crippen LogP contribution in [0.3, 0.4) is 0 Å². The Balaban J connectivity index is 1.81. The fourth-order valence-corrected chi connectivity index (χ4v) is 3.90. The molecule has 2 fully saturated rings. The molecule has 154 valence electrons. The molecule has 6 nitrogen and oxygen atoms in total. The maximum atomic E-state index is 12.8. The van der Waals surface area contributed by atoms with Gasteiger partial charge in [-0.25, -0.2) is 0 Å². The highest BCUT2D eigenvalue weighted by molar-refractivity contribution is 6.29. The minimum absolute atomic E-state index is 0.180. The third-order valence-electron chi connectivity index (χ3n) is 5.47. The number of imide groups is 1. The Bertz CT molecular complexity index is 1000. The Labute approximate surface area is 175 Å². The molecule has 1 aromatic carbocycles. The molecule has 2 aromatic rings. The summed E-state index contributed by atoms with van der Waals surface area (Å²) in [5.74, 6) is -0.142. The van der Waals surface area contributed by atoms with Crippen LogP contribution in [-0.4, -0.2) is 36.6 Å². The van der Waals surface area contributed by atoms with Gasteiger partial charge in [-0.2, -0.15) is 0 Å². The number of nitrogens with one attached hydrogen (secondary N) is 1. The maximum absolute atomic E-state index is 12.8. The lowest BCUT2D eigenvalue weighted by Gasteiger charge is -2.16. The van der Waals surface area contributed by atoms with Gasteiger partial charge in [0, 0.05) is 12.4 Å². The van der Waals surface area contributed by atoms with Crippen molar-refractivity contribution < 1.29 is 19.1 Å². The van der Waals surface area contributed by atoms with E-state index < -0.39 is 11.8 Å². The monoisotopic (exact) mass is 404 g/mol. The van der Waals surface area contributed by atoms with E-state index in [4.69, 9.17) is 9.47 Å². The van der Waals surface area contributed by atoms with E-state index in [1.165, 1.54) is 0 Å². The molecular formula is C24H24N2O4.